The van der Waals surface area contributed by atoms with Gasteiger partial charge in [0.15, 0.2) is 0 Å². The third kappa shape index (κ3) is 1.81. The van der Waals surface area contributed by atoms with E-state index in [9.17, 15) is 9.59 Å². The first kappa shape index (κ1) is 12.0. The molecule has 2 saturated heterocycles. The van der Waals surface area contributed by atoms with Gasteiger partial charge in [0.25, 0.3) is 5.91 Å². The van der Waals surface area contributed by atoms with Crippen molar-refractivity contribution in [2.24, 2.45) is 0 Å². The Morgan fingerprint density at radius 1 is 1.17 bits per heavy atom. The van der Waals surface area contributed by atoms with E-state index < -0.39 is 5.54 Å². The zero-order chi connectivity index (χ0) is 12.6. The summed E-state index contributed by atoms with van der Waals surface area (Å²) in [5.74, 6) is -0.00935. The van der Waals surface area contributed by atoms with Gasteiger partial charge in [-0.15, -0.1) is 0 Å². The molecule has 1 spiro atoms. The van der Waals surface area contributed by atoms with E-state index in [4.69, 9.17) is 4.74 Å². The standard InChI is InChI=1S/C13H20N2O3/c16-11-13(6-3-1-2-4-7-13)14-12(17)15(11)10-5-8-18-9-10/h10H,1-9H2,(H,14,17). The number of hydrogen-bond donors (Lipinski definition) is 1. The SMILES string of the molecule is O=C1NC2(CCCCCC2)C(=O)N1C1CCOC1. The highest BCUT2D eigenvalue weighted by atomic mass is 16.5. The third-order valence-electron chi connectivity index (χ3n) is 4.42. The van der Waals surface area contributed by atoms with Crippen molar-refractivity contribution in [1.82, 2.24) is 10.2 Å². The van der Waals surface area contributed by atoms with Gasteiger partial charge >= 0.3 is 6.03 Å². The first-order chi connectivity index (χ1) is 8.73. The minimum atomic E-state index is -0.601. The first-order valence-corrected chi connectivity index (χ1v) is 6.96. The second-order valence-corrected chi connectivity index (χ2v) is 5.62. The van der Waals surface area contributed by atoms with Crippen molar-refractivity contribution in [3.05, 3.63) is 0 Å². The number of imide groups is 1. The Labute approximate surface area is 107 Å². The van der Waals surface area contributed by atoms with Crippen LogP contribution in [0.15, 0.2) is 0 Å². The summed E-state index contributed by atoms with van der Waals surface area (Å²) < 4.78 is 5.29. The second-order valence-electron chi connectivity index (χ2n) is 5.62. The highest BCUT2D eigenvalue weighted by molar-refractivity contribution is 6.07. The van der Waals surface area contributed by atoms with Gasteiger partial charge in [-0.05, 0) is 19.3 Å². The average molecular weight is 252 g/mol. The molecule has 1 unspecified atom stereocenters. The number of nitrogens with one attached hydrogen (secondary N) is 1. The zero-order valence-corrected chi connectivity index (χ0v) is 10.6. The van der Waals surface area contributed by atoms with Crippen LogP contribution in [0.4, 0.5) is 4.79 Å². The van der Waals surface area contributed by atoms with Crippen molar-refractivity contribution in [3.8, 4) is 0 Å². The monoisotopic (exact) mass is 252 g/mol. The molecule has 0 radical (unpaired) electrons. The lowest BCUT2D eigenvalue weighted by atomic mass is 9.90. The summed E-state index contributed by atoms with van der Waals surface area (Å²) in [6.07, 6.45) is 6.75. The van der Waals surface area contributed by atoms with Gasteiger partial charge in [0, 0.05) is 6.61 Å². The molecule has 2 heterocycles. The molecule has 1 aliphatic carbocycles. The molecule has 5 nitrogen and oxygen atoms in total. The molecule has 5 heteroatoms. The van der Waals surface area contributed by atoms with Gasteiger partial charge in [0.1, 0.15) is 5.54 Å². The summed E-state index contributed by atoms with van der Waals surface area (Å²) in [5.41, 5.74) is -0.601. The van der Waals surface area contributed by atoms with E-state index in [1.54, 1.807) is 0 Å². The van der Waals surface area contributed by atoms with E-state index in [-0.39, 0.29) is 18.0 Å². The molecular formula is C13H20N2O3. The van der Waals surface area contributed by atoms with Gasteiger partial charge in [-0.25, -0.2) is 4.79 Å². The predicted molar refractivity (Wildman–Crippen MR) is 65.0 cm³/mol. The van der Waals surface area contributed by atoms with Crippen LogP contribution in [0.1, 0.15) is 44.9 Å². The minimum absolute atomic E-state index is 0.00935. The lowest BCUT2D eigenvalue weighted by molar-refractivity contribution is -0.133. The number of carbonyl (C=O) groups excluding carboxylic acids is 2. The van der Waals surface area contributed by atoms with Gasteiger partial charge in [-0.3, -0.25) is 9.69 Å². The largest absolute Gasteiger partial charge is 0.379 e. The van der Waals surface area contributed by atoms with Gasteiger partial charge in [0.2, 0.25) is 0 Å². The van der Waals surface area contributed by atoms with Crippen LogP contribution in [-0.2, 0) is 9.53 Å². The number of amides is 3. The Morgan fingerprint density at radius 3 is 2.50 bits per heavy atom. The van der Waals surface area contributed by atoms with Crippen LogP contribution in [0, 0.1) is 0 Å². The molecule has 0 aromatic heterocycles. The maximum absolute atomic E-state index is 12.6. The Hall–Kier alpha value is -1.10. The van der Waals surface area contributed by atoms with E-state index in [0.29, 0.717) is 13.2 Å². The van der Waals surface area contributed by atoms with Crippen LogP contribution in [0.25, 0.3) is 0 Å². The smallest absolute Gasteiger partial charge is 0.325 e. The topological polar surface area (TPSA) is 58.6 Å². The molecule has 3 aliphatic rings. The number of nitrogens with zero attached hydrogens (tertiary/aromatic N) is 1. The molecule has 0 aromatic rings. The number of urea groups is 1. The van der Waals surface area contributed by atoms with Gasteiger partial charge in [-0.2, -0.15) is 0 Å². The van der Waals surface area contributed by atoms with Crippen molar-refractivity contribution < 1.29 is 14.3 Å². The van der Waals surface area contributed by atoms with E-state index >= 15 is 0 Å². The maximum Gasteiger partial charge on any atom is 0.325 e. The predicted octanol–water partition coefficient (Wildman–Crippen LogP) is 1.42. The van der Waals surface area contributed by atoms with E-state index in [0.717, 1.165) is 44.9 Å². The summed E-state index contributed by atoms with van der Waals surface area (Å²) in [6, 6.07) is -0.266. The Kier molecular flexibility index (Phi) is 3.01. The molecule has 3 amide bonds. The fraction of sp³-hybridized carbons (Fsp3) is 0.846. The normalized spacial score (nSPS) is 31.8. The van der Waals surface area contributed by atoms with Crippen LogP contribution >= 0.6 is 0 Å². The van der Waals surface area contributed by atoms with Crippen molar-refractivity contribution in [2.45, 2.75) is 56.5 Å². The quantitative estimate of drug-likeness (QED) is 0.718. The van der Waals surface area contributed by atoms with Crippen LogP contribution in [-0.4, -0.2) is 41.6 Å². The third-order valence-corrected chi connectivity index (χ3v) is 4.42. The highest BCUT2D eigenvalue weighted by Gasteiger charge is 2.53. The van der Waals surface area contributed by atoms with Gasteiger partial charge in [0.05, 0.1) is 12.6 Å². The molecule has 1 N–H and O–H groups in total. The molecule has 0 bridgehead atoms. The Balaban J connectivity index is 1.82. The van der Waals surface area contributed by atoms with E-state index in [2.05, 4.69) is 5.32 Å². The van der Waals surface area contributed by atoms with Crippen LogP contribution in [0.2, 0.25) is 0 Å². The molecular weight excluding hydrogens is 232 g/mol. The summed E-state index contributed by atoms with van der Waals surface area (Å²) in [4.78, 5) is 26.1. The summed E-state index contributed by atoms with van der Waals surface area (Å²) in [5, 5.41) is 2.97. The lowest BCUT2D eigenvalue weighted by Crippen LogP contribution is -2.47. The average Bonchev–Trinajstić information content (AvgIpc) is 2.84. The van der Waals surface area contributed by atoms with Crippen molar-refractivity contribution >= 4 is 11.9 Å². The van der Waals surface area contributed by atoms with Crippen LogP contribution in [0.3, 0.4) is 0 Å². The van der Waals surface area contributed by atoms with Crippen molar-refractivity contribution in [3.63, 3.8) is 0 Å². The molecule has 100 valence electrons. The fourth-order valence-corrected chi connectivity index (χ4v) is 3.37. The van der Waals surface area contributed by atoms with Gasteiger partial charge in [-0.1, -0.05) is 25.7 Å². The lowest BCUT2D eigenvalue weighted by Gasteiger charge is -2.26. The molecule has 2 aliphatic heterocycles. The highest BCUT2D eigenvalue weighted by Crippen LogP contribution is 2.34. The maximum atomic E-state index is 12.6. The number of carbonyl (C=O) groups is 2. The van der Waals surface area contributed by atoms with Crippen molar-refractivity contribution in [2.75, 3.05) is 13.2 Å². The van der Waals surface area contributed by atoms with Crippen LogP contribution in [0.5, 0.6) is 0 Å². The Bertz CT molecular complexity index is 355. The summed E-state index contributed by atoms with van der Waals surface area (Å²) >= 11 is 0. The summed E-state index contributed by atoms with van der Waals surface area (Å²) in [6.45, 7) is 1.14. The molecule has 1 atom stereocenters. The van der Waals surface area contributed by atoms with Crippen LogP contribution < -0.4 is 5.32 Å². The Morgan fingerprint density at radius 2 is 1.89 bits per heavy atom. The van der Waals surface area contributed by atoms with E-state index in [1.165, 1.54) is 4.90 Å². The minimum Gasteiger partial charge on any atom is -0.379 e. The van der Waals surface area contributed by atoms with Gasteiger partial charge < -0.3 is 10.1 Å². The number of ether oxygens (including phenoxy) is 1. The molecule has 1 saturated carbocycles. The van der Waals surface area contributed by atoms with Crippen molar-refractivity contribution in [1.29, 1.82) is 0 Å². The molecule has 18 heavy (non-hydrogen) atoms. The molecule has 3 rings (SSSR count). The van der Waals surface area contributed by atoms with E-state index in [1.807, 2.05) is 0 Å². The molecule has 0 aromatic carbocycles. The number of hydrogen-bond acceptors (Lipinski definition) is 3. The molecule has 3 fully saturated rings. The number of rotatable bonds is 1. The fourth-order valence-electron chi connectivity index (χ4n) is 3.37. The summed E-state index contributed by atoms with van der Waals surface area (Å²) in [7, 11) is 0. The first-order valence-electron chi connectivity index (χ1n) is 6.96. The zero-order valence-electron chi connectivity index (χ0n) is 10.6. The second kappa shape index (κ2) is 4.53.